The van der Waals surface area contributed by atoms with Gasteiger partial charge in [0.2, 0.25) is 19.7 Å². The van der Waals surface area contributed by atoms with Crippen LogP contribution < -0.4 is 19.6 Å². The molecule has 504 valence electrons. The zero-order valence-corrected chi connectivity index (χ0v) is 60.3. The Bertz CT molecular complexity index is 5180. The Kier molecular flexibility index (Phi) is 14.9. The van der Waals surface area contributed by atoms with Gasteiger partial charge in [0.15, 0.2) is 0 Å². The fourth-order valence-corrected chi connectivity index (χ4v) is 19.7. The lowest BCUT2D eigenvalue weighted by Crippen LogP contribution is -2.33. The summed E-state index contributed by atoms with van der Waals surface area (Å²) in [7, 11) is -7.53. The summed E-state index contributed by atoms with van der Waals surface area (Å²) in [5, 5.41) is 0. The zero-order valence-electron chi connectivity index (χ0n) is 61.7. The van der Waals surface area contributed by atoms with Crippen LogP contribution in [0.25, 0.3) is 0 Å². The first-order valence-corrected chi connectivity index (χ1v) is 37.3. The molecule has 0 saturated carbocycles. The minimum atomic E-state index is -3.78. The predicted octanol–water partition coefficient (Wildman–Crippen LogP) is 22.7. The maximum absolute atomic E-state index is 14.5. The van der Waals surface area contributed by atoms with Crippen molar-refractivity contribution in [2.24, 2.45) is 0 Å². The molecule has 5 heterocycles. The van der Waals surface area contributed by atoms with Gasteiger partial charge in [-0.25, -0.2) is 16.8 Å². The normalized spacial score (nSPS) is 17.1. The highest BCUT2D eigenvalue weighted by Gasteiger charge is 2.45. The first kappa shape index (κ1) is 62.6. The number of fused-ring (bicyclic) bond motifs is 10. The third-order valence-corrected chi connectivity index (χ3v) is 25.4. The van der Waals surface area contributed by atoms with Crippen molar-refractivity contribution >= 4 is 93.7 Å². The third-order valence-electron chi connectivity index (χ3n) is 21.7. The van der Waals surface area contributed by atoms with Gasteiger partial charge in [0, 0.05) is 53.9 Å². The van der Waals surface area contributed by atoms with E-state index in [1.54, 1.807) is 24.3 Å². The number of hydrogen-bond acceptors (Lipinski definition) is 9. The van der Waals surface area contributed by atoms with Gasteiger partial charge in [0.25, 0.3) is 0 Å². The molecule has 0 bridgehead atoms. The number of Topliss-reactive ketones (excluding diaryl/α,β-unsaturated/α-hetero) is 1. The van der Waals surface area contributed by atoms with Crippen molar-refractivity contribution in [1.82, 2.24) is 0 Å². The number of sulfone groups is 2. The highest BCUT2D eigenvalue weighted by molar-refractivity contribution is 7.92. The topological polar surface area (TPSA) is 98.3 Å². The van der Waals surface area contributed by atoms with Crippen LogP contribution in [0.3, 0.4) is 0 Å². The van der Waals surface area contributed by atoms with Crippen LogP contribution in [0.15, 0.2) is 299 Å². The molecule has 0 unspecified atom stereocenters. The van der Waals surface area contributed by atoms with Gasteiger partial charge in [0.1, 0.15) is 5.78 Å². The summed E-state index contributed by atoms with van der Waals surface area (Å²) in [5.41, 5.74) is 22.8. The number of carbonyl (C=O) groups excluding carboxylic acids is 1. The fourth-order valence-electron chi connectivity index (χ4n) is 16.5. The lowest BCUT2D eigenvalue weighted by atomic mass is 9.73. The van der Waals surface area contributed by atoms with Crippen molar-refractivity contribution in [3.05, 3.63) is 335 Å². The van der Waals surface area contributed by atoms with E-state index in [2.05, 4.69) is 295 Å². The van der Waals surface area contributed by atoms with Crippen LogP contribution in [0.2, 0.25) is 0 Å². The molecule has 0 atom stereocenters. The monoisotopic (exact) mass is 1370 g/mol. The van der Waals surface area contributed by atoms with E-state index in [9.17, 15) is 21.6 Å². The number of rotatable bonds is 6. The van der Waals surface area contributed by atoms with Gasteiger partial charge in [-0.2, -0.15) is 0 Å². The highest BCUT2D eigenvalue weighted by Crippen LogP contribution is 2.58. The summed E-state index contributed by atoms with van der Waals surface area (Å²) in [6.45, 7) is 21.1. The average molecular weight is 1370 g/mol. The van der Waals surface area contributed by atoms with E-state index < -0.39 is 37.7 Å². The quantitative estimate of drug-likeness (QED) is 0.161. The van der Waals surface area contributed by atoms with Crippen LogP contribution in [-0.4, -0.2) is 22.6 Å². The molecule has 0 spiro atoms. The van der Waals surface area contributed by atoms with Crippen LogP contribution in [0, 0.1) is 0 Å². The molecule has 17 rings (SSSR count). The van der Waals surface area contributed by atoms with E-state index in [-0.39, 0.29) is 31.5 Å². The summed E-state index contributed by atoms with van der Waals surface area (Å²) in [4.78, 5) is 20.3. The Morgan fingerprint density at radius 3 is 0.723 bits per heavy atom. The molecule has 5 aliphatic rings. The van der Waals surface area contributed by atoms with Crippen molar-refractivity contribution in [2.75, 3.05) is 19.6 Å². The van der Waals surface area contributed by atoms with Gasteiger partial charge in [-0.05, 0) is 203 Å². The van der Waals surface area contributed by atoms with E-state index in [0.717, 1.165) is 86.3 Å². The van der Waals surface area contributed by atoms with Gasteiger partial charge in [-0.1, -0.05) is 215 Å². The van der Waals surface area contributed by atoms with E-state index in [0.29, 0.717) is 9.79 Å². The number of anilines is 12. The molecule has 0 saturated heterocycles. The lowest BCUT2D eigenvalue weighted by Gasteiger charge is -2.43. The molecule has 9 nitrogen and oxygen atoms in total. The Labute approximate surface area is 599 Å². The molecule has 5 aliphatic heterocycles. The third kappa shape index (κ3) is 10.5. The summed E-state index contributed by atoms with van der Waals surface area (Å²) in [6, 6.07) is 94.5. The molecule has 101 heavy (non-hydrogen) atoms. The van der Waals surface area contributed by atoms with E-state index >= 15 is 0 Å². The van der Waals surface area contributed by atoms with E-state index in [1.807, 2.05) is 48.5 Å². The Morgan fingerprint density at radius 1 is 0.317 bits per heavy atom. The van der Waals surface area contributed by atoms with Crippen molar-refractivity contribution < 1.29 is 25.7 Å². The smallest absolute Gasteiger partial charge is 0.207 e. The molecular weight excluding hydrogens is 1280 g/mol. The number of ketones is 1. The van der Waals surface area contributed by atoms with Gasteiger partial charge in [-0.15, -0.1) is 0 Å². The standard InChI is InChI=1S/C45H40N2O2S.C42H36N2O2S.C3H6O/c1-43(2)31-15-7-11-19-37(31)46(38-20-12-8-16-32(38)43)29-23-25-41-35(27-29)45(5,6)36-28-30(24-26-42(36)50(41,48)49)47-39-21-13-9-17-33(39)44(3,4)34-18-10-14-22-40(34)47;1-41(2)33-13-5-9-17-37(33)43(38-18-10-6-14-34(38)41)29-21-25-31(26-22-29)47(45,46)32-27-23-30(24-28-32)44-39-19-11-7-15-35(39)42(3,4)36-16-8-12-20-40(36)44;1-3(2)4/h7-28H,1-6H3;5-28H,1-4H3;1-2H3/i;;1TD2. The van der Waals surface area contributed by atoms with Gasteiger partial charge >= 0.3 is 0 Å². The minimum absolute atomic E-state index is 0.159. The molecule has 0 radical (unpaired) electrons. The lowest BCUT2D eigenvalue weighted by molar-refractivity contribution is -0.115. The SMILES string of the molecule is CC1(C)c2ccccc2N(c2ccc(S(=O)(=O)c3ccc(N4c5ccccc5C(C)(C)c5ccccc54)cc3)cc2)c2ccccc21.CC1(C)c2ccccc2N(c2ccc3c(c2)C(C)(C)c2cc(N4c5ccccc5C(C)(C)c5ccccc54)ccc2S3(=O)=O)c2ccccc21.[2H]C([2H])([3H])C(C)=O. The summed E-state index contributed by atoms with van der Waals surface area (Å²) >= 11 is 0. The van der Waals surface area contributed by atoms with Crippen LogP contribution in [0.5, 0.6) is 0 Å². The summed E-state index contributed by atoms with van der Waals surface area (Å²) in [6.07, 6.45) is 0. The number of nitrogens with zero attached hydrogens (tertiary/aromatic N) is 4. The van der Waals surface area contributed by atoms with Crippen LogP contribution in [0.1, 0.15) is 143 Å². The largest absolute Gasteiger partial charge is 0.310 e. The first-order valence-electron chi connectivity index (χ1n) is 35.9. The fraction of sp³-hybridized carbons (Fsp3) is 0.189. The predicted molar refractivity (Wildman–Crippen MR) is 412 cm³/mol. The highest BCUT2D eigenvalue weighted by atomic mass is 32.2. The summed E-state index contributed by atoms with van der Waals surface area (Å²) < 4.78 is 76.0. The van der Waals surface area contributed by atoms with Crippen molar-refractivity contribution in [1.29, 1.82) is 0 Å². The molecule has 0 amide bonds. The Balaban J connectivity index is 0.000000154. The second-order valence-corrected chi connectivity index (χ2v) is 33.4. The van der Waals surface area contributed by atoms with Crippen molar-refractivity contribution in [2.45, 2.75) is 130 Å². The van der Waals surface area contributed by atoms with Gasteiger partial charge in [-0.3, -0.25) is 0 Å². The molecule has 12 aromatic rings. The molecule has 0 N–H and O–H groups in total. The second-order valence-electron chi connectivity index (χ2n) is 29.5. The van der Waals surface area contributed by atoms with Gasteiger partial charge in [0.05, 0.1) is 65.1 Å². The van der Waals surface area contributed by atoms with E-state index in [4.69, 9.17) is 4.11 Å². The number of para-hydroxylation sites is 8. The maximum atomic E-state index is 14.5. The number of hydrogen-bond donors (Lipinski definition) is 0. The van der Waals surface area contributed by atoms with Gasteiger partial charge < -0.3 is 24.4 Å². The molecular formula is C90H82N4O5S2. The molecule has 12 aromatic carbocycles. The van der Waals surface area contributed by atoms with Crippen LogP contribution in [-0.2, 0) is 51.5 Å². The average Bonchev–Trinajstić information content (AvgIpc) is 0.700. The minimum Gasteiger partial charge on any atom is -0.310 e. The number of carbonyl (C=O) groups is 1. The molecule has 0 aromatic heterocycles. The van der Waals surface area contributed by atoms with Crippen LogP contribution in [0.4, 0.5) is 68.2 Å². The van der Waals surface area contributed by atoms with Crippen LogP contribution >= 0.6 is 0 Å². The first-order chi connectivity index (χ1) is 49.4. The van der Waals surface area contributed by atoms with E-state index in [1.165, 1.54) is 44.5 Å². The summed E-state index contributed by atoms with van der Waals surface area (Å²) in [5.74, 6) is -0.757. The zero-order chi connectivity index (χ0) is 73.4. The molecule has 0 fully saturated rings. The molecule has 11 heteroatoms. The second kappa shape index (κ2) is 24.1. The maximum Gasteiger partial charge on any atom is 0.207 e. The Hall–Kier alpha value is -10.6. The Morgan fingerprint density at radius 2 is 0.505 bits per heavy atom. The molecule has 0 aliphatic carbocycles. The van der Waals surface area contributed by atoms with Crippen molar-refractivity contribution in [3.63, 3.8) is 0 Å². The van der Waals surface area contributed by atoms with Crippen molar-refractivity contribution in [3.8, 4) is 0 Å². The number of benzene rings is 12.